The van der Waals surface area contributed by atoms with Crippen LogP contribution in [0, 0.1) is 5.92 Å². The van der Waals surface area contributed by atoms with Crippen molar-refractivity contribution in [2.45, 2.75) is 88.9 Å². The molecule has 0 aromatic rings. The lowest BCUT2D eigenvalue weighted by molar-refractivity contribution is -0.141. The maximum Gasteiger partial charge on any atom is 0.0828 e. The molecule has 1 saturated carbocycles. The van der Waals surface area contributed by atoms with E-state index in [-0.39, 0.29) is 11.2 Å². The Hall–Kier alpha value is -0.120. The standard InChI is InChI=1S/C18H35NO2/c1-5-18(6-2,20-4)16(19-3)15-10-13-21-17(14-15)11-8-7-9-12-17/h15-16,19H,5-14H2,1-4H3. The van der Waals surface area contributed by atoms with Crippen molar-refractivity contribution in [3.05, 3.63) is 0 Å². The quantitative estimate of drug-likeness (QED) is 0.806. The molecule has 0 aromatic carbocycles. The smallest absolute Gasteiger partial charge is 0.0828 e. The van der Waals surface area contributed by atoms with Crippen molar-refractivity contribution in [3.63, 3.8) is 0 Å². The third kappa shape index (κ3) is 3.46. The van der Waals surface area contributed by atoms with Gasteiger partial charge in [-0.3, -0.25) is 0 Å². The third-order valence-corrected chi connectivity index (χ3v) is 6.25. The maximum atomic E-state index is 6.28. The molecular weight excluding hydrogens is 262 g/mol. The minimum atomic E-state index is -0.0351. The molecule has 3 heteroatoms. The topological polar surface area (TPSA) is 30.5 Å². The van der Waals surface area contributed by atoms with E-state index < -0.39 is 0 Å². The highest BCUT2D eigenvalue weighted by atomic mass is 16.5. The van der Waals surface area contributed by atoms with E-state index in [1.807, 2.05) is 7.11 Å². The fourth-order valence-electron chi connectivity index (χ4n) is 4.93. The van der Waals surface area contributed by atoms with Gasteiger partial charge < -0.3 is 14.8 Å². The SMILES string of the molecule is CCC(CC)(OC)C(NC)C1CCOC2(CCCCC2)C1. The second-order valence-electron chi connectivity index (χ2n) is 7.09. The maximum absolute atomic E-state index is 6.28. The monoisotopic (exact) mass is 297 g/mol. The second-order valence-corrected chi connectivity index (χ2v) is 7.09. The van der Waals surface area contributed by atoms with Gasteiger partial charge in [-0.2, -0.15) is 0 Å². The Labute approximate surface area is 131 Å². The van der Waals surface area contributed by atoms with Crippen LogP contribution in [0.2, 0.25) is 0 Å². The average molecular weight is 297 g/mol. The van der Waals surface area contributed by atoms with Gasteiger partial charge in [0.1, 0.15) is 0 Å². The Morgan fingerprint density at radius 1 is 1.24 bits per heavy atom. The van der Waals surface area contributed by atoms with Gasteiger partial charge in [-0.1, -0.05) is 33.1 Å². The van der Waals surface area contributed by atoms with Crippen molar-refractivity contribution in [1.29, 1.82) is 0 Å². The highest BCUT2D eigenvalue weighted by molar-refractivity contribution is 5.00. The third-order valence-electron chi connectivity index (χ3n) is 6.25. The van der Waals surface area contributed by atoms with Gasteiger partial charge in [-0.15, -0.1) is 0 Å². The molecule has 2 rings (SSSR count). The van der Waals surface area contributed by atoms with E-state index >= 15 is 0 Å². The number of methoxy groups -OCH3 is 1. The Balaban J connectivity index is 2.13. The summed E-state index contributed by atoms with van der Waals surface area (Å²) in [5.74, 6) is 0.668. The number of ether oxygens (including phenoxy) is 2. The zero-order valence-electron chi connectivity index (χ0n) is 14.5. The van der Waals surface area contributed by atoms with E-state index in [0.29, 0.717) is 12.0 Å². The number of hydrogen-bond acceptors (Lipinski definition) is 3. The molecular formula is C18H35NO2. The summed E-state index contributed by atoms with van der Waals surface area (Å²) in [5, 5.41) is 3.61. The molecule has 1 aliphatic heterocycles. The zero-order chi connectivity index (χ0) is 15.3. The van der Waals surface area contributed by atoms with Crippen molar-refractivity contribution in [2.24, 2.45) is 5.92 Å². The first kappa shape index (κ1) is 17.2. The molecule has 2 atom stereocenters. The van der Waals surface area contributed by atoms with Crippen LogP contribution in [0.15, 0.2) is 0 Å². The summed E-state index contributed by atoms with van der Waals surface area (Å²) in [6, 6.07) is 0.431. The molecule has 21 heavy (non-hydrogen) atoms. The van der Waals surface area contributed by atoms with Gasteiger partial charge in [0.15, 0.2) is 0 Å². The van der Waals surface area contributed by atoms with Gasteiger partial charge in [0.05, 0.1) is 11.2 Å². The van der Waals surface area contributed by atoms with E-state index in [4.69, 9.17) is 9.47 Å². The van der Waals surface area contributed by atoms with Crippen LogP contribution in [0.5, 0.6) is 0 Å². The molecule has 124 valence electrons. The van der Waals surface area contributed by atoms with Crippen LogP contribution < -0.4 is 5.32 Å². The van der Waals surface area contributed by atoms with Crippen LogP contribution in [0.1, 0.15) is 71.6 Å². The Kier molecular flexibility index (Phi) is 6.10. The molecule has 3 nitrogen and oxygen atoms in total. The minimum absolute atomic E-state index is 0.0351. The summed E-state index contributed by atoms with van der Waals surface area (Å²) in [6.45, 7) is 5.44. The molecule has 0 radical (unpaired) electrons. The fourth-order valence-corrected chi connectivity index (χ4v) is 4.93. The summed E-state index contributed by atoms with van der Waals surface area (Å²) in [4.78, 5) is 0. The molecule has 0 bridgehead atoms. The van der Waals surface area contributed by atoms with Crippen LogP contribution in [0.3, 0.4) is 0 Å². The van der Waals surface area contributed by atoms with Gasteiger partial charge in [-0.25, -0.2) is 0 Å². The van der Waals surface area contributed by atoms with Gasteiger partial charge in [0, 0.05) is 19.8 Å². The molecule has 2 unspecified atom stereocenters. The summed E-state index contributed by atoms with van der Waals surface area (Å²) in [7, 11) is 3.99. The van der Waals surface area contributed by atoms with Crippen molar-refractivity contribution < 1.29 is 9.47 Å². The predicted molar refractivity (Wildman–Crippen MR) is 87.7 cm³/mol. The summed E-state index contributed by atoms with van der Waals surface area (Å²) in [5.41, 5.74) is 0.143. The summed E-state index contributed by atoms with van der Waals surface area (Å²) < 4.78 is 12.3. The van der Waals surface area contributed by atoms with Gasteiger partial charge in [0.2, 0.25) is 0 Å². The molecule has 1 spiro atoms. The highest BCUT2D eigenvalue weighted by Gasteiger charge is 2.46. The van der Waals surface area contributed by atoms with Crippen LogP contribution in [0.4, 0.5) is 0 Å². The van der Waals surface area contributed by atoms with E-state index in [0.717, 1.165) is 19.4 Å². The van der Waals surface area contributed by atoms with E-state index in [2.05, 4.69) is 26.2 Å². The lowest BCUT2D eigenvalue weighted by Gasteiger charge is -2.49. The number of rotatable bonds is 6. The van der Waals surface area contributed by atoms with Crippen LogP contribution in [-0.2, 0) is 9.47 Å². The van der Waals surface area contributed by atoms with E-state index in [9.17, 15) is 0 Å². The molecule has 1 saturated heterocycles. The van der Waals surface area contributed by atoms with Gasteiger partial charge >= 0.3 is 0 Å². The van der Waals surface area contributed by atoms with E-state index in [1.165, 1.54) is 44.9 Å². The molecule has 1 aliphatic carbocycles. The number of likely N-dealkylation sites (N-methyl/N-ethyl adjacent to an activating group) is 1. The first-order chi connectivity index (χ1) is 10.2. The van der Waals surface area contributed by atoms with Crippen molar-refractivity contribution in [2.75, 3.05) is 20.8 Å². The fraction of sp³-hybridized carbons (Fsp3) is 1.00. The molecule has 0 amide bonds. The van der Waals surface area contributed by atoms with Crippen LogP contribution >= 0.6 is 0 Å². The number of hydrogen-bond donors (Lipinski definition) is 1. The lowest BCUT2D eigenvalue weighted by Crippen LogP contribution is -2.57. The second kappa shape index (κ2) is 7.43. The predicted octanol–water partition coefficient (Wildman–Crippen LogP) is 3.91. The molecule has 2 aliphatic rings. The first-order valence-corrected chi connectivity index (χ1v) is 9.01. The highest BCUT2D eigenvalue weighted by Crippen LogP contribution is 2.44. The van der Waals surface area contributed by atoms with Crippen molar-refractivity contribution in [1.82, 2.24) is 5.32 Å². The van der Waals surface area contributed by atoms with Crippen LogP contribution in [0.25, 0.3) is 0 Å². The minimum Gasteiger partial charge on any atom is -0.377 e. The Morgan fingerprint density at radius 3 is 2.43 bits per heavy atom. The molecule has 0 aromatic heterocycles. The molecule has 1 N–H and O–H groups in total. The van der Waals surface area contributed by atoms with Crippen LogP contribution in [-0.4, -0.2) is 38.0 Å². The largest absolute Gasteiger partial charge is 0.377 e. The number of nitrogens with one attached hydrogen (secondary N) is 1. The Morgan fingerprint density at radius 2 is 1.90 bits per heavy atom. The zero-order valence-corrected chi connectivity index (χ0v) is 14.5. The summed E-state index contributed by atoms with van der Waals surface area (Å²) >= 11 is 0. The molecule has 2 fully saturated rings. The normalized spacial score (nSPS) is 27.7. The van der Waals surface area contributed by atoms with Crippen molar-refractivity contribution in [3.8, 4) is 0 Å². The molecule has 1 heterocycles. The van der Waals surface area contributed by atoms with E-state index in [1.54, 1.807) is 0 Å². The Bertz CT molecular complexity index is 295. The van der Waals surface area contributed by atoms with Gasteiger partial charge in [-0.05, 0) is 51.5 Å². The average Bonchev–Trinajstić information content (AvgIpc) is 2.53. The lowest BCUT2D eigenvalue weighted by atomic mass is 9.70. The van der Waals surface area contributed by atoms with Crippen molar-refractivity contribution >= 4 is 0 Å². The van der Waals surface area contributed by atoms with Gasteiger partial charge in [0.25, 0.3) is 0 Å². The summed E-state index contributed by atoms with van der Waals surface area (Å²) in [6.07, 6.45) is 11.1. The first-order valence-electron chi connectivity index (χ1n) is 9.01.